The van der Waals surface area contributed by atoms with Crippen LogP contribution in [0.2, 0.25) is 0 Å². The van der Waals surface area contributed by atoms with Crippen LogP contribution < -0.4 is 10.6 Å². The van der Waals surface area contributed by atoms with Crippen LogP contribution >= 0.6 is 11.8 Å². The van der Waals surface area contributed by atoms with Crippen molar-refractivity contribution in [2.24, 2.45) is 0 Å². The average Bonchev–Trinajstić information content (AvgIpc) is 3.35. The Morgan fingerprint density at radius 1 is 1.13 bits per heavy atom. The summed E-state index contributed by atoms with van der Waals surface area (Å²) >= 11 is 1.27. The molecule has 0 amide bonds. The number of nitrogens with zero attached hydrogens (tertiary/aromatic N) is 1. The first kappa shape index (κ1) is 29.6. The summed E-state index contributed by atoms with van der Waals surface area (Å²) in [7, 11) is 0. The van der Waals surface area contributed by atoms with Gasteiger partial charge in [-0.3, -0.25) is 15.4 Å². The van der Waals surface area contributed by atoms with Crippen molar-refractivity contribution in [3.63, 3.8) is 0 Å². The first-order valence-corrected chi connectivity index (χ1v) is 14.6. The molecule has 6 nitrogen and oxygen atoms in total. The van der Waals surface area contributed by atoms with Crippen molar-refractivity contribution in [3.05, 3.63) is 92.4 Å². The molecule has 4 atom stereocenters. The largest absolute Gasteiger partial charge is 0.390 e. The van der Waals surface area contributed by atoms with Gasteiger partial charge in [0.15, 0.2) is 0 Å². The van der Waals surface area contributed by atoms with E-state index in [2.05, 4.69) is 55.7 Å². The van der Waals surface area contributed by atoms with Crippen LogP contribution in [0, 0.1) is 21.7 Å². The van der Waals surface area contributed by atoms with E-state index in [1.165, 1.54) is 41.1 Å². The second-order valence-corrected chi connectivity index (χ2v) is 12.9. The molecule has 2 aliphatic rings. The standard InChI is InChI=1S/C30H39F2N3O3S/c1-29(2,3)21-8-7-9-22(17-21)30(11-5-4-6-12-30)33-19-27(36)25(16-20-14-23(31)18-24(32)15-20)34-28-26(35(37)38)10-13-39-28/h7-10,13-15,17-18,25-28,33-34,36H,4-6,11-12,16,19H2,1-3H3. The molecule has 1 aliphatic heterocycles. The third-order valence-electron chi connectivity index (χ3n) is 7.91. The fourth-order valence-electron chi connectivity index (χ4n) is 5.66. The van der Waals surface area contributed by atoms with Gasteiger partial charge in [0.1, 0.15) is 17.0 Å². The number of aliphatic hydroxyl groups excluding tert-OH is 1. The first-order valence-electron chi connectivity index (χ1n) is 13.7. The van der Waals surface area contributed by atoms with Crippen LogP contribution in [-0.4, -0.2) is 40.1 Å². The smallest absolute Gasteiger partial charge is 0.256 e. The topological polar surface area (TPSA) is 87.4 Å². The summed E-state index contributed by atoms with van der Waals surface area (Å²) in [5.41, 5.74) is 2.52. The third-order valence-corrected chi connectivity index (χ3v) is 8.94. The quantitative estimate of drug-likeness (QED) is 0.252. The lowest BCUT2D eigenvalue weighted by molar-refractivity contribution is -0.509. The highest BCUT2D eigenvalue weighted by molar-refractivity contribution is 8.03. The molecule has 4 unspecified atom stereocenters. The maximum Gasteiger partial charge on any atom is 0.256 e. The molecule has 39 heavy (non-hydrogen) atoms. The van der Waals surface area contributed by atoms with E-state index in [-0.39, 0.29) is 28.8 Å². The molecule has 1 fully saturated rings. The highest BCUT2D eigenvalue weighted by Gasteiger charge is 2.38. The Hall–Kier alpha value is -2.33. The summed E-state index contributed by atoms with van der Waals surface area (Å²) in [5.74, 6) is -1.40. The minimum absolute atomic E-state index is 0.00115. The second-order valence-electron chi connectivity index (χ2n) is 11.8. The number of hydrogen-bond donors (Lipinski definition) is 3. The van der Waals surface area contributed by atoms with Crippen molar-refractivity contribution in [2.45, 2.75) is 93.8 Å². The van der Waals surface area contributed by atoms with E-state index in [1.54, 1.807) is 5.41 Å². The zero-order valence-corrected chi connectivity index (χ0v) is 23.6. The number of nitrogens with one attached hydrogen (secondary N) is 2. The number of nitro groups is 1. The maximum atomic E-state index is 14.0. The van der Waals surface area contributed by atoms with Crippen LogP contribution in [0.5, 0.6) is 0 Å². The summed E-state index contributed by atoms with van der Waals surface area (Å²) in [5, 5.41) is 31.0. The van der Waals surface area contributed by atoms with Gasteiger partial charge in [-0.05, 0) is 65.0 Å². The van der Waals surface area contributed by atoms with Gasteiger partial charge in [-0.25, -0.2) is 8.78 Å². The van der Waals surface area contributed by atoms with Crippen molar-refractivity contribution < 1.29 is 18.8 Å². The van der Waals surface area contributed by atoms with E-state index in [0.29, 0.717) is 5.56 Å². The molecular formula is C30H39F2N3O3S. The van der Waals surface area contributed by atoms with Crippen molar-refractivity contribution in [1.82, 2.24) is 10.6 Å². The molecule has 4 rings (SSSR count). The molecule has 1 saturated carbocycles. The van der Waals surface area contributed by atoms with E-state index >= 15 is 0 Å². The number of halogens is 2. The van der Waals surface area contributed by atoms with Crippen LogP contribution in [0.3, 0.4) is 0 Å². The molecule has 2 aromatic carbocycles. The van der Waals surface area contributed by atoms with Crippen molar-refractivity contribution in [1.29, 1.82) is 0 Å². The third kappa shape index (κ3) is 7.45. The monoisotopic (exact) mass is 559 g/mol. The highest BCUT2D eigenvalue weighted by Crippen LogP contribution is 2.39. The highest BCUT2D eigenvalue weighted by atomic mass is 32.2. The van der Waals surface area contributed by atoms with Crippen LogP contribution in [0.25, 0.3) is 0 Å². The number of thioether (sulfide) groups is 1. The number of aliphatic hydroxyl groups is 1. The first-order chi connectivity index (χ1) is 18.5. The van der Waals surface area contributed by atoms with Crippen LogP contribution in [0.4, 0.5) is 8.78 Å². The van der Waals surface area contributed by atoms with Gasteiger partial charge in [-0.15, -0.1) is 11.8 Å². The van der Waals surface area contributed by atoms with E-state index in [0.717, 1.165) is 38.2 Å². The van der Waals surface area contributed by atoms with E-state index < -0.39 is 35.2 Å². The van der Waals surface area contributed by atoms with Crippen LogP contribution in [0.15, 0.2) is 53.9 Å². The van der Waals surface area contributed by atoms with E-state index in [9.17, 15) is 24.0 Å². The molecule has 0 saturated heterocycles. The normalized spacial score (nSPS) is 22.5. The summed E-state index contributed by atoms with van der Waals surface area (Å²) in [4.78, 5) is 11.2. The van der Waals surface area contributed by atoms with Crippen molar-refractivity contribution >= 4 is 11.8 Å². The van der Waals surface area contributed by atoms with Gasteiger partial charge in [-0.1, -0.05) is 64.3 Å². The van der Waals surface area contributed by atoms with Crippen LogP contribution in [0.1, 0.15) is 69.6 Å². The second kappa shape index (κ2) is 12.5. The lowest BCUT2D eigenvalue weighted by atomic mass is 9.74. The van der Waals surface area contributed by atoms with Gasteiger partial charge >= 0.3 is 0 Å². The lowest BCUT2D eigenvalue weighted by Crippen LogP contribution is -2.55. The fraction of sp³-hybridized carbons (Fsp3) is 0.533. The Kier molecular flexibility index (Phi) is 9.47. The Morgan fingerprint density at radius 3 is 2.46 bits per heavy atom. The Balaban J connectivity index is 1.57. The minimum atomic E-state index is -0.963. The maximum absolute atomic E-state index is 14.0. The predicted molar refractivity (Wildman–Crippen MR) is 152 cm³/mol. The molecule has 1 heterocycles. The molecule has 1 aliphatic carbocycles. The van der Waals surface area contributed by atoms with Gasteiger partial charge in [0.2, 0.25) is 0 Å². The predicted octanol–water partition coefficient (Wildman–Crippen LogP) is 5.81. The summed E-state index contributed by atoms with van der Waals surface area (Å²) in [6.45, 7) is 6.80. The average molecular weight is 560 g/mol. The minimum Gasteiger partial charge on any atom is -0.390 e. The van der Waals surface area contributed by atoms with Crippen molar-refractivity contribution in [2.75, 3.05) is 6.54 Å². The Morgan fingerprint density at radius 2 is 1.82 bits per heavy atom. The summed E-state index contributed by atoms with van der Waals surface area (Å²) in [6.07, 6.45) is 5.85. The molecule has 212 valence electrons. The lowest BCUT2D eigenvalue weighted by Gasteiger charge is -2.41. The number of rotatable bonds is 10. The van der Waals surface area contributed by atoms with Gasteiger partial charge in [0.25, 0.3) is 6.04 Å². The molecule has 2 aromatic rings. The molecule has 0 spiro atoms. The van der Waals surface area contributed by atoms with Gasteiger partial charge in [-0.2, -0.15) is 0 Å². The van der Waals surface area contributed by atoms with Gasteiger partial charge in [0, 0.05) is 29.1 Å². The number of benzene rings is 2. The van der Waals surface area contributed by atoms with Crippen molar-refractivity contribution in [3.8, 4) is 0 Å². The molecule has 0 aromatic heterocycles. The summed E-state index contributed by atoms with van der Waals surface area (Å²) < 4.78 is 27.9. The van der Waals surface area contributed by atoms with E-state index in [4.69, 9.17) is 0 Å². The van der Waals surface area contributed by atoms with E-state index in [1.807, 2.05) is 0 Å². The zero-order chi connectivity index (χ0) is 28.2. The Bertz CT molecular complexity index is 1160. The molecule has 9 heteroatoms. The summed E-state index contributed by atoms with van der Waals surface area (Å²) in [6, 6.07) is 10.3. The number of hydrogen-bond acceptors (Lipinski definition) is 6. The molecular weight excluding hydrogens is 520 g/mol. The van der Waals surface area contributed by atoms with Crippen LogP contribution in [-0.2, 0) is 17.4 Å². The molecule has 0 bridgehead atoms. The SMILES string of the molecule is CC(C)(C)c1cccc(C2(NCC(O)C(Cc3cc(F)cc(F)c3)NC3SC=CC3[N+](=O)[O-])CCCCC2)c1. The van der Waals surface area contributed by atoms with Gasteiger partial charge in [0.05, 0.1) is 6.10 Å². The molecule has 0 radical (unpaired) electrons. The molecule has 3 N–H and O–H groups in total. The Labute approximate surface area is 233 Å². The van der Waals surface area contributed by atoms with Gasteiger partial charge < -0.3 is 10.4 Å². The fourth-order valence-corrected chi connectivity index (χ4v) is 6.68. The zero-order valence-electron chi connectivity index (χ0n) is 22.8.